The van der Waals surface area contributed by atoms with E-state index in [1.807, 2.05) is 0 Å². The van der Waals surface area contributed by atoms with Gasteiger partial charge in [0, 0.05) is 0 Å². The van der Waals surface area contributed by atoms with E-state index in [1.54, 1.807) is 0 Å². The third kappa shape index (κ3) is 8.89. The van der Waals surface area contributed by atoms with Gasteiger partial charge < -0.3 is 0 Å². The second-order valence-corrected chi connectivity index (χ2v) is 14.9. The first-order valence-corrected chi connectivity index (χ1v) is 17.6. The van der Waals surface area contributed by atoms with Crippen molar-refractivity contribution < 1.29 is 41.7 Å². The second kappa shape index (κ2) is 13.8. The fourth-order valence-corrected chi connectivity index (χ4v) is 9.39. The molecule has 1 spiro atoms. The van der Waals surface area contributed by atoms with E-state index in [4.69, 9.17) is 12.3 Å². The van der Waals surface area contributed by atoms with E-state index in [2.05, 4.69) is 13.8 Å². The van der Waals surface area contributed by atoms with E-state index < -0.39 is 68.0 Å². The molecule has 0 saturated carbocycles. The SMILES string of the molecule is CCCCCCCCC1(O)CC(=O)[O][Sn]2([O]C(=O)CC(O)(CCCCCCCC)C(=O)[O]2)[O]C1=O. The minimum absolute atomic E-state index is 0.0428. The minimum atomic E-state index is -5.89. The molecule has 2 unspecified atom stereocenters. The average molecular weight is 607 g/mol. The first-order chi connectivity index (χ1) is 16.6. The van der Waals surface area contributed by atoms with Crippen LogP contribution < -0.4 is 0 Å². The summed E-state index contributed by atoms with van der Waals surface area (Å²) in [6.45, 7) is 4.19. The summed E-state index contributed by atoms with van der Waals surface area (Å²) in [6, 6.07) is 0. The maximum atomic E-state index is 12.8. The first-order valence-electron chi connectivity index (χ1n) is 12.9. The Bertz CT molecular complexity index is 695. The molecule has 2 N–H and O–H groups in total. The predicted molar refractivity (Wildman–Crippen MR) is 125 cm³/mol. The van der Waals surface area contributed by atoms with E-state index in [1.165, 1.54) is 0 Å². The number of aliphatic hydroxyl groups is 2. The van der Waals surface area contributed by atoms with E-state index in [-0.39, 0.29) is 12.8 Å². The topological polar surface area (TPSA) is 146 Å². The summed E-state index contributed by atoms with van der Waals surface area (Å²) in [4.78, 5) is 50.6. The van der Waals surface area contributed by atoms with Crippen molar-refractivity contribution in [1.82, 2.24) is 0 Å². The van der Waals surface area contributed by atoms with Gasteiger partial charge in [-0.25, -0.2) is 0 Å². The summed E-state index contributed by atoms with van der Waals surface area (Å²) in [5, 5.41) is 21.7. The Morgan fingerprint density at radius 3 is 1.31 bits per heavy atom. The van der Waals surface area contributed by atoms with Gasteiger partial charge in [-0.15, -0.1) is 0 Å². The Labute approximate surface area is 213 Å². The monoisotopic (exact) mass is 608 g/mol. The van der Waals surface area contributed by atoms with Crippen LogP contribution in [0.1, 0.15) is 117 Å². The molecule has 2 rings (SSSR count). The molecule has 35 heavy (non-hydrogen) atoms. The number of rotatable bonds is 14. The van der Waals surface area contributed by atoms with Crippen molar-refractivity contribution in [2.45, 2.75) is 128 Å². The van der Waals surface area contributed by atoms with E-state index in [0.717, 1.165) is 64.2 Å². The molecule has 200 valence electrons. The number of hydrogen-bond acceptors (Lipinski definition) is 10. The van der Waals surface area contributed by atoms with Gasteiger partial charge in [-0.05, 0) is 0 Å². The zero-order valence-electron chi connectivity index (χ0n) is 21.0. The molecule has 0 amide bonds. The van der Waals surface area contributed by atoms with E-state index in [0.29, 0.717) is 12.8 Å². The van der Waals surface area contributed by atoms with Gasteiger partial charge in [0.1, 0.15) is 0 Å². The Kier molecular flexibility index (Phi) is 11.7. The van der Waals surface area contributed by atoms with Gasteiger partial charge in [0.2, 0.25) is 0 Å². The molecule has 0 aromatic carbocycles. The van der Waals surface area contributed by atoms with Gasteiger partial charge in [-0.1, -0.05) is 0 Å². The van der Waals surface area contributed by atoms with Crippen LogP contribution in [0.2, 0.25) is 0 Å². The normalized spacial score (nSPS) is 29.1. The van der Waals surface area contributed by atoms with Crippen LogP contribution in [0.4, 0.5) is 0 Å². The van der Waals surface area contributed by atoms with Crippen molar-refractivity contribution in [3.63, 3.8) is 0 Å². The van der Waals surface area contributed by atoms with Gasteiger partial charge in [-0.2, -0.15) is 0 Å². The zero-order chi connectivity index (χ0) is 26.0. The molecule has 0 bridgehead atoms. The van der Waals surface area contributed by atoms with Crippen molar-refractivity contribution >= 4 is 43.9 Å². The molecule has 0 radical (unpaired) electrons. The van der Waals surface area contributed by atoms with Gasteiger partial charge in [-0.3, -0.25) is 0 Å². The molecule has 0 aromatic rings. The van der Waals surface area contributed by atoms with Crippen molar-refractivity contribution in [3.05, 3.63) is 0 Å². The summed E-state index contributed by atoms with van der Waals surface area (Å²) < 4.78 is 20.6. The summed E-state index contributed by atoms with van der Waals surface area (Å²) in [5.41, 5.74) is -4.33. The Hall–Kier alpha value is -1.40. The third-order valence-electron chi connectivity index (χ3n) is 6.43. The van der Waals surface area contributed by atoms with Crippen LogP contribution in [0, 0.1) is 0 Å². The number of unbranched alkanes of at least 4 members (excludes halogenated alkanes) is 10. The molecule has 11 heteroatoms. The van der Waals surface area contributed by atoms with E-state index in [9.17, 15) is 29.4 Å². The molecule has 2 fully saturated rings. The first kappa shape index (κ1) is 29.8. The molecular formula is C24H40O10Sn. The van der Waals surface area contributed by atoms with E-state index >= 15 is 0 Å². The molecule has 0 aromatic heterocycles. The number of carbonyl (C=O) groups is 4. The average Bonchev–Trinajstić information content (AvgIpc) is 2.92. The fraction of sp³-hybridized carbons (Fsp3) is 0.833. The molecule has 2 aliphatic heterocycles. The predicted octanol–water partition coefficient (Wildman–Crippen LogP) is 3.37. The van der Waals surface area contributed by atoms with Gasteiger partial charge in [0.25, 0.3) is 0 Å². The summed E-state index contributed by atoms with van der Waals surface area (Å²) >= 11 is -5.89. The van der Waals surface area contributed by atoms with Crippen LogP contribution in [0.25, 0.3) is 0 Å². The van der Waals surface area contributed by atoms with Crippen LogP contribution in [0.5, 0.6) is 0 Å². The van der Waals surface area contributed by atoms with Gasteiger partial charge >= 0.3 is 213 Å². The standard InChI is InChI=1S/2C12H22O5.Sn/c2*1-2-3-4-5-6-7-8-12(17,11(15)16)9-10(13)14;/h2*17H,2-9H2,1H3,(H,13,14)(H,15,16);/q;;+4/p-4. The molecule has 10 nitrogen and oxygen atoms in total. The second-order valence-electron chi connectivity index (χ2n) is 9.68. The van der Waals surface area contributed by atoms with Crippen molar-refractivity contribution in [2.24, 2.45) is 0 Å². The Morgan fingerprint density at radius 2 is 0.943 bits per heavy atom. The van der Waals surface area contributed by atoms with Crippen LogP contribution in [-0.4, -0.2) is 65.3 Å². The molecule has 2 aliphatic rings. The van der Waals surface area contributed by atoms with Gasteiger partial charge in [0.05, 0.1) is 0 Å². The van der Waals surface area contributed by atoms with Crippen LogP contribution in [0.3, 0.4) is 0 Å². The maximum absolute atomic E-state index is 12.8. The molecular weight excluding hydrogens is 567 g/mol. The van der Waals surface area contributed by atoms with Crippen LogP contribution in [-0.2, 0) is 31.5 Å². The van der Waals surface area contributed by atoms with Crippen molar-refractivity contribution in [2.75, 3.05) is 0 Å². The summed E-state index contributed by atoms with van der Waals surface area (Å²) in [7, 11) is 0. The third-order valence-corrected chi connectivity index (χ3v) is 11.6. The summed E-state index contributed by atoms with van der Waals surface area (Å²) in [5.74, 6) is -4.53. The molecule has 0 aliphatic carbocycles. The number of hydrogen-bond donors (Lipinski definition) is 2. The van der Waals surface area contributed by atoms with Crippen LogP contribution in [0.15, 0.2) is 0 Å². The molecule has 2 heterocycles. The van der Waals surface area contributed by atoms with Gasteiger partial charge in [0.15, 0.2) is 0 Å². The Morgan fingerprint density at radius 1 is 0.600 bits per heavy atom. The van der Waals surface area contributed by atoms with Crippen molar-refractivity contribution in [3.8, 4) is 0 Å². The fourth-order valence-electron chi connectivity index (χ4n) is 4.29. The Balaban J connectivity index is 2.04. The zero-order valence-corrected chi connectivity index (χ0v) is 23.8. The molecule has 2 atom stereocenters. The quantitative estimate of drug-likeness (QED) is 0.223. The number of carbonyl (C=O) groups excluding carboxylic acids is 4. The molecule has 2 saturated heterocycles. The summed E-state index contributed by atoms with van der Waals surface area (Å²) in [6.07, 6.45) is 9.28. The van der Waals surface area contributed by atoms with Crippen LogP contribution >= 0.6 is 0 Å². The van der Waals surface area contributed by atoms with Crippen molar-refractivity contribution in [1.29, 1.82) is 0 Å².